The Morgan fingerprint density at radius 1 is 1.60 bits per heavy atom. The van der Waals surface area contributed by atoms with Crippen molar-refractivity contribution in [3.8, 4) is 0 Å². The first-order chi connectivity index (χ1) is 4.58. The van der Waals surface area contributed by atoms with Gasteiger partial charge in [0.2, 0.25) is 0 Å². The van der Waals surface area contributed by atoms with Crippen LogP contribution in [0.1, 0.15) is 6.92 Å². The summed E-state index contributed by atoms with van der Waals surface area (Å²) in [7, 11) is 0. The molecule has 5 heteroatoms. The highest BCUT2D eigenvalue weighted by Gasteiger charge is 2.40. The summed E-state index contributed by atoms with van der Waals surface area (Å²) < 4.78 is 0. The van der Waals surface area contributed by atoms with Crippen molar-refractivity contribution in [1.82, 2.24) is 10.6 Å². The van der Waals surface area contributed by atoms with Crippen LogP contribution in [0.3, 0.4) is 0 Å². The minimum atomic E-state index is -0.918. The minimum Gasteiger partial charge on any atom is -0.322 e. The van der Waals surface area contributed by atoms with Crippen LogP contribution in [0.4, 0.5) is 4.79 Å². The summed E-state index contributed by atoms with van der Waals surface area (Å²) in [5.41, 5.74) is -0.918. The molecule has 2 N–H and O–H groups in total. The molecule has 1 rings (SSSR count). The Labute approximate surface area is 62.9 Å². The van der Waals surface area contributed by atoms with Gasteiger partial charge in [-0.25, -0.2) is 4.79 Å². The summed E-state index contributed by atoms with van der Waals surface area (Å²) in [6.45, 7) is 1.57. The molecule has 0 radical (unpaired) electrons. The number of alkyl halides is 1. The second-order valence-electron chi connectivity index (χ2n) is 2.37. The molecule has 1 saturated heterocycles. The molecule has 56 valence electrons. The molecular formula is C5H7ClN2O2. The fourth-order valence-corrected chi connectivity index (χ4v) is 0.862. The first kappa shape index (κ1) is 7.34. The molecule has 0 spiro atoms. The number of amides is 3. The first-order valence-corrected chi connectivity index (χ1v) is 3.31. The van der Waals surface area contributed by atoms with Crippen LogP contribution in [0, 0.1) is 0 Å². The zero-order valence-corrected chi connectivity index (χ0v) is 6.16. The number of carbonyl (C=O) groups is 2. The van der Waals surface area contributed by atoms with Crippen molar-refractivity contribution in [3.05, 3.63) is 0 Å². The van der Waals surface area contributed by atoms with E-state index in [0.717, 1.165) is 0 Å². The smallest absolute Gasteiger partial charge is 0.322 e. The molecule has 0 unspecified atom stereocenters. The van der Waals surface area contributed by atoms with Crippen LogP contribution in [-0.2, 0) is 4.79 Å². The van der Waals surface area contributed by atoms with Crippen molar-refractivity contribution >= 4 is 23.5 Å². The topological polar surface area (TPSA) is 58.2 Å². The molecule has 10 heavy (non-hydrogen) atoms. The Bertz CT molecular complexity index is 194. The van der Waals surface area contributed by atoms with Crippen molar-refractivity contribution in [2.24, 2.45) is 0 Å². The third-order valence-electron chi connectivity index (χ3n) is 1.38. The van der Waals surface area contributed by atoms with Crippen LogP contribution in [0.5, 0.6) is 0 Å². The van der Waals surface area contributed by atoms with Gasteiger partial charge in [-0.2, -0.15) is 0 Å². The van der Waals surface area contributed by atoms with Crippen LogP contribution in [-0.4, -0.2) is 23.4 Å². The number of rotatable bonds is 1. The zero-order valence-electron chi connectivity index (χ0n) is 5.40. The van der Waals surface area contributed by atoms with Crippen LogP contribution in [0.15, 0.2) is 0 Å². The monoisotopic (exact) mass is 162 g/mol. The van der Waals surface area contributed by atoms with Gasteiger partial charge >= 0.3 is 6.03 Å². The van der Waals surface area contributed by atoms with Gasteiger partial charge in [0.05, 0.1) is 5.88 Å². The largest absolute Gasteiger partial charge is 0.322 e. The second kappa shape index (κ2) is 2.12. The summed E-state index contributed by atoms with van der Waals surface area (Å²) in [5, 5.41) is 4.48. The van der Waals surface area contributed by atoms with E-state index < -0.39 is 11.6 Å². The lowest BCUT2D eigenvalue weighted by Gasteiger charge is -2.15. The highest BCUT2D eigenvalue weighted by atomic mass is 35.5. The third kappa shape index (κ3) is 0.945. The lowest BCUT2D eigenvalue weighted by molar-refractivity contribution is -0.122. The molecule has 0 aromatic heterocycles. The van der Waals surface area contributed by atoms with Crippen molar-refractivity contribution in [3.63, 3.8) is 0 Å². The lowest BCUT2D eigenvalue weighted by atomic mass is 10.1. The molecule has 0 aliphatic carbocycles. The normalized spacial score (nSPS) is 31.8. The molecule has 0 aromatic carbocycles. The average Bonchev–Trinajstić information content (AvgIpc) is 2.09. The summed E-state index contributed by atoms with van der Waals surface area (Å²) in [6.07, 6.45) is 0. The molecule has 4 nitrogen and oxygen atoms in total. The van der Waals surface area contributed by atoms with Crippen molar-refractivity contribution in [2.45, 2.75) is 12.5 Å². The van der Waals surface area contributed by atoms with Gasteiger partial charge in [-0.15, -0.1) is 11.6 Å². The highest BCUT2D eigenvalue weighted by Crippen LogP contribution is 2.10. The Kier molecular flexibility index (Phi) is 1.56. The van der Waals surface area contributed by atoms with E-state index in [1.165, 1.54) is 0 Å². The van der Waals surface area contributed by atoms with Crippen molar-refractivity contribution < 1.29 is 9.59 Å². The predicted molar refractivity (Wildman–Crippen MR) is 35.8 cm³/mol. The van der Waals surface area contributed by atoms with E-state index in [2.05, 4.69) is 10.6 Å². The van der Waals surface area contributed by atoms with Gasteiger partial charge in [-0.05, 0) is 6.92 Å². The molecule has 3 amide bonds. The standard InChI is InChI=1S/C5H7ClN2O2/c1-5(2-6)3(9)7-4(10)8-5/h2H2,1H3,(H2,7,8,9,10)/t5-/m1/s1. The number of carbonyl (C=O) groups excluding carboxylic acids is 2. The van der Waals surface area contributed by atoms with Crippen LogP contribution in [0.25, 0.3) is 0 Å². The SMILES string of the molecule is C[C@]1(CCl)NC(=O)NC1=O. The van der Waals surface area contributed by atoms with Gasteiger partial charge in [0.15, 0.2) is 0 Å². The molecular weight excluding hydrogens is 156 g/mol. The second-order valence-corrected chi connectivity index (χ2v) is 2.64. The maximum atomic E-state index is 10.9. The maximum Gasteiger partial charge on any atom is 0.322 e. The number of hydrogen-bond donors (Lipinski definition) is 2. The first-order valence-electron chi connectivity index (χ1n) is 2.78. The number of halogens is 1. The van der Waals surface area contributed by atoms with Gasteiger partial charge in [0.1, 0.15) is 5.54 Å². The van der Waals surface area contributed by atoms with Gasteiger partial charge in [-0.3, -0.25) is 10.1 Å². The Morgan fingerprint density at radius 2 is 2.20 bits per heavy atom. The number of imide groups is 1. The summed E-state index contributed by atoms with van der Waals surface area (Å²) >= 11 is 5.43. The minimum absolute atomic E-state index is 0.0879. The van der Waals surface area contributed by atoms with Gasteiger partial charge < -0.3 is 5.32 Å². The van der Waals surface area contributed by atoms with E-state index in [4.69, 9.17) is 11.6 Å². The number of urea groups is 1. The van der Waals surface area contributed by atoms with Crippen LogP contribution in [0.2, 0.25) is 0 Å². The molecule has 1 aliphatic heterocycles. The Morgan fingerprint density at radius 3 is 2.40 bits per heavy atom. The Hall–Kier alpha value is -0.770. The summed E-state index contributed by atoms with van der Waals surface area (Å²) in [6, 6.07) is -0.479. The van der Waals surface area contributed by atoms with E-state index in [1.54, 1.807) is 6.92 Å². The number of hydrogen-bond acceptors (Lipinski definition) is 2. The van der Waals surface area contributed by atoms with E-state index >= 15 is 0 Å². The van der Waals surface area contributed by atoms with E-state index in [0.29, 0.717) is 0 Å². The van der Waals surface area contributed by atoms with Crippen molar-refractivity contribution in [1.29, 1.82) is 0 Å². The van der Waals surface area contributed by atoms with E-state index in [-0.39, 0.29) is 11.8 Å². The van der Waals surface area contributed by atoms with Crippen molar-refractivity contribution in [2.75, 3.05) is 5.88 Å². The Balaban J connectivity index is 2.80. The predicted octanol–water partition coefficient (Wildman–Crippen LogP) is -0.177. The lowest BCUT2D eigenvalue weighted by Crippen LogP contribution is -2.45. The fraction of sp³-hybridized carbons (Fsp3) is 0.600. The molecule has 0 bridgehead atoms. The molecule has 1 heterocycles. The molecule has 1 fully saturated rings. The fourth-order valence-electron chi connectivity index (χ4n) is 0.674. The third-order valence-corrected chi connectivity index (χ3v) is 1.92. The average molecular weight is 163 g/mol. The molecule has 1 aliphatic rings. The zero-order chi connectivity index (χ0) is 7.78. The molecule has 1 atom stereocenters. The number of nitrogens with one attached hydrogen (secondary N) is 2. The molecule has 0 saturated carbocycles. The van der Waals surface area contributed by atoms with Crippen LogP contribution >= 0.6 is 11.6 Å². The van der Waals surface area contributed by atoms with Gasteiger partial charge in [0.25, 0.3) is 5.91 Å². The van der Waals surface area contributed by atoms with Gasteiger partial charge in [-0.1, -0.05) is 0 Å². The van der Waals surface area contributed by atoms with E-state index in [1.807, 2.05) is 0 Å². The maximum absolute atomic E-state index is 10.9. The van der Waals surface area contributed by atoms with Gasteiger partial charge in [0, 0.05) is 0 Å². The highest BCUT2D eigenvalue weighted by molar-refractivity contribution is 6.22. The quantitative estimate of drug-likeness (QED) is 0.415. The summed E-state index contributed by atoms with van der Waals surface area (Å²) in [5.74, 6) is -0.280. The molecule has 0 aromatic rings. The van der Waals surface area contributed by atoms with E-state index in [9.17, 15) is 9.59 Å². The summed E-state index contributed by atoms with van der Waals surface area (Å²) in [4.78, 5) is 21.4. The van der Waals surface area contributed by atoms with Crippen LogP contribution < -0.4 is 10.6 Å².